The van der Waals surface area contributed by atoms with Gasteiger partial charge in [0, 0.05) is 0 Å². The van der Waals surface area contributed by atoms with Crippen molar-refractivity contribution in [3.8, 4) is 0 Å². The largest absolute Gasteiger partial charge is 0.169 e. The Labute approximate surface area is 49.4 Å². The molecule has 0 aliphatic carbocycles. The molecule has 0 fully saturated rings. The number of thiophene rings is 1. The fourth-order valence-corrected chi connectivity index (χ4v) is 0.913. The van der Waals surface area contributed by atoms with Gasteiger partial charge in [-0.25, -0.2) is 0 Å². The summed E-state index contributed by atoms with van der Waals surface area (Å²) < 4.78 is 1.55. The van der Waals surface area contributed by atoms with E-state index in [1.807, 2.05) is 0 Å². The minimum Gasteiger partial charge on any atom is -0.169 e. The lowest BCUT2D eigenvalue weighted by molar-refractivity contribution is 2.13. The van der Waals surface area contributed by atoms with Crippen molar-refractivity contribution in [2.75, 3.05) is 0 Å². The summed E-state index contributed by atoms with van der Waals surface area (Å²) >= 11 is 1.40. The van der Waals surface area contributed by atoms with E-state index in [9.17, 15) is 0 Å². The van der Waals surface area contributed by atoms with Crippen molar-refractivity contribution in [2.24, 2.45) is 0 Å². The van der Waals surface area contributed by atoms with Crippen LogP contribution in [0.1, 0.15) is 0 Å². The van der Waals surface area contributed by atoms with E-state index in [-0.39, 0.29) is 0 Å². The van der Waals surface area contributed by atoms with E-state index >= 15 is 0 Å². The van der Waals surface area contributed by atoms with Gasteiger partial charge in [0.05, 0.1) is 0 Å². The van der Waals surface area contributed by atoms with Gasteiger partial charge in [0.2, 0.25) is 0 Å². The predicted molar refractivity (Wildman–Crippen MR) is 35.1 cm³/mol. The van der Waals surface area contributed by atoms with Gasteiger partial charge in [-0.1, -0.05) is 12.1 Å². The summed E-state index contributed by atoms with van der Waals surface area (Å²) in [5, 5.41) is 0. The second kappa shape index (κ2) is 1.74. The summed E-state index contributed by atoms with van der Waals surface area (Å²) in [6.07, 6.45) is 0. The Bertz CT molecular complexity index is 142. The molecule has 30 valence electrons. The van der Waals surface area contributed by atoms with Crippen molar-refractivity contribution >= 4 is 36.6 Å². The fraction of sp³-hybridized carbons (Fsp3) is 0. The van der Waals surface area contributed by atoms with Crippen molar-refractivity contribution in [3.63, 3.8) is 0 Å². The molecule has 0 nitrogen and oxygen atoms in total. The lowest BCUT2D eigenvalue weighted by atomic mass is 10.1. The molecule has 0 aliphatic rings. The Morgan fingerprint density at radius 2 is 1.57 bits per heavy atom. The molecule has 3 heteroatoms. The minimum atomic E-state index is 0.775. The molecule has 0 saturated carbocycles. The Hall–Kier alpha value is -0.170. The van der Waals surface area contributed by atoms with Crippen LogP contribution >= 0.6 is 11.3 Å². The van der Waals surface area contributed by atoms with Crippen LogP contribution in [0.3, 0.4) is 0 Å². The molecule has 7 heavy (non-hydrogen) atoms. The summed E-state index contributed by atoms with van der Waals surface area (Å²) in [6, 6.07) is 3.58. The standard InChI is InChI=1S/C4H2B2S/c5-3-1-2-4(6)7-3/h1-2H. The van der Waals surface area contributed by atoms with Crippen LogP contribution in [0.2, 0.25) is 0 Å². The average Bonchev–Trinajstić information content (AvgIpc) is 1.87. The second-order valence-corrected chi connectivity index (χ2v) is 2.39. The van der Waals surface area contributed by atoms with Crippen LogP contribution in [0.4, 0.5) is 0 Å². The molecule has 0 aliphatic heterocycles. The van der Waals surface area contributed by atoms with Crippen LogP contribution in [-0.4, -0.2) is 15.7 Å². The molecular formula is C4H2B2S. The molecule has 4 radical (unpaired) electrons. The molecule has 1 heterocycles. The van der Waals surface area contributed by atoms with Crippen LogP contribution in [0.15, 0.2) is 12.1 Å². The van der Waals surface area contributed by atoms with Gasteiger partial charge in [0.25, 0.3) is 0 Å². The third-order valence-electron chi connectivity index (χ3n) is 0.648. The molecule has 1 aromatic rings. The van der Waals surface area contributed by atoms with E-state index in [2.05, 4.69) is 0 Å². The number of hydrogen-bond acceptors (Lipinski definition) is 1. The number of hydrogen-bond donors (Lipinski definition) is 0. The molecule has 0 saturated heterocycles. The summed E-state index contributed by atoms with van der Waals surface area (Å²) in [5.74, 6) is 0. The fourth-order valence-electron chi connectivity index (χ4n) is 0.368. The quantitative estimate of drug-likeness (QED) is 0.383. The van der Waals surface area contributed by atoms with Crippen LogP contribution in [0.5, 0.6) is 0 Å². The summed E-state index contributed by atoms with van der Waals surface area (Å²) in [7, 11) is 10.6. The Morgan fingerprint density at radius 3 is 1.71 bits per heavy atom. The van der Waals surface area contributed by atoms with Gasteiger partial charge in [-0.3, -0.25) is 0 Å². The normalized spacial score (nSPS) is 9.14. The predicted octanol–water partition coefficient (Wildman–Crippen LogP) is -0.664. The third-order valence-corrected chi connectivity index (χ3v) is 1.39. The molecule has 1 rings (SSSR count). The lowest BCUT2D eigenvalue weighted by Gasteiger charge is -1.72. The monoisotopic (exact) mass is 104 g/mol. The maximum Gasteiger partial charge on any atom is 0.128 e. The maximum absolute atomic E-state index is 5.32. The number of rotatable bonds is 0. The summed E-state index contributed by atoms with van der Waals surface area (Å²) in [6.45, 7) is 0. The Kier molecular flexibility index (Phi) is 1.24. The van der Waals surface area contributed by atoms with Crippen molar-refractivity contribution in [3.05, 3.63) is 12.1 Å². The van der Waals surface area contributed by atoms with E-state index in [4.69, 9.17) is 15.7 Å². The highest BCUT2D eigenvalue weighted by Gasteiger charge is 1.83. The topological polar surface area (TPSA) is 0 Å². The van der Waals surface area contributed by atoms with Crippen molar-refractivity contribution in [1.82, 2.24) is 0 Å². The second-order valence-electron chi connectivity index (χ2n) is 1.24. The van der Waals surface area contributed by atoms with E-state index in [0.29, 0.717) is 0 Å². The van der Waals surface area contributed by atoms with Gasteiger partial charge in [0.15, 0.2) is 0 Å². The minimum absolute atomic E-state index is 0.775. The van der Waals surface area contributed by atoms with Crippen molar-refractivity contribution < 1.29 is 0 Å². The van der Waals surface area contributed by atoms with Crippen molar-refractivity contribution in [2.45, 2.75) is 0 Å². The Morgan fingerprint density at radius 1 is 1.14 bits per heavy atom. The van der Waals surface area contributed by atoms with Crippen LogP contribution < -0.4 is 9.55 Å². The zero-order valence-corrected chi connectivity index (χ0v) is 4.53. The highest BCUT2D eigenvalue weighted by Crippen LogP contribution is 1.82. The van der Waals surface area contributed by atoms with E-state index in [1.54, 1.807) is 12.1 Å². The van der Waals surface area contributed by atoms with Crippen LogP contribution in [0, 0.1) is 0 Å². The molecule has 0 unspecified atom stereocenters. The van der Waals surface area contributed by atoms with Gasteiger partial charge >= 0.3 is 0 Å². The van der Waals surface area contributed by atoms with Crippen LogP contribution in [0.25, 0.3) is 0 Å². The average molecular weight is 104 g/mol. The van der Waals surface area contributed by atoms with E-state index in [0.717, 1.165) is 9.55 Å². The van der Waals surface area contributed by atoms with Crippen molar-refractivity contribution in [1.29, 1.82) is 0 Å². The molecule has 0 amide bonds. The highest BCUT2D eigenvalue weighted by molar-refractivity contribution is 7.26. The molecule has 0 atom stereocenters. The molecule has 1 aromatic heterocycles. The first-order valence-corrected chi connectivity index (χ1v) is 2.71. The van der Waals surface area contributed by atoms with Gasteiger partial charge in [-0.2, -0.15) is 11.3 Å². The first-order chi connectivity index (χ1) is 3.29. The SMILES string of the molecule is [B]c1ccc([B])s1. The van der Waals surface area contributed by atoms with Gasteiger partial charge < -0.3 is 0 Å². The first kappa shape index (κ1) is 4.98. The lowest BCUT2D eigenvalue weighted by Crippen LogP contribution is -1.94. The zero-order valence-electron chi connectivity index (χ0n) is 3.72. The van der Waals surface area contributed by atoms with Gasteiger partial charge in [-0.15, -0.1) is 0 Å². The highest BCUT2D eigenvalue weighted by atomic mass is 32.1. The Balaban J connectivity index is 3.04. The van der Waals surface area contributed by atoms with E-state index < -0.39 is 0 Å². The van der Waals surface area contributed by atoms with E-state index in [1.165, 1.54) is 11.3 Å². The molecule has 0 aromatic carbocycles. The maximum atomic E-state index is 5.32. The smallest absolute Gasteiger partial charge is 0.128 e. The zero-order chi connectivity index (χ0) is 5.28. The molecular weight excluding hydrogens is 102 g/mol. The first-order valence-electron chi connectivity index (χ1n) is 1.90. The molecule has 0 bridgehead atoms. The van der Waals surface area contributed by atoms with Crippen LogP contribution in [-0.2, 0) is 0 Å². The van der Waals surface area contributed by atoms with Gasteiger partial charge in [-0.05, 0) is 9.55 Å². The summed E-state index contributed by atoms with van der Waals surface area (Å²) in [5.41, 5.74) is 0. The third kappa shape index (κ3) is 1.10. The summed E-state index contributed by atoms with van der Waals surface area (Å²) in [4.78, 5) is 0. The van der Waals surface area contributed by atoms with Gasteiger partial charge in [0.1, 0.15) is 15.7 Å². The molecule has 0 spiro atoms. The molecule has 0 N–H and O–H groups in total.